The summed E-state index contributed by atoms with van der Waals surface area (Å²) in [5.74, 6) is 0.379. The van der Waals surface area contributed by atoms with Crippen LogP contribution < -0.4 is 10.0 Å². The molecule has 0 spiro atoms. The Kier molecular flexibility index (Phi) is 7.05. The van der Waals surface area contributed by atoms with Crippen molar-refractivity contribution in [1.82, 2.24) is 9.88 Å². The van der Waals surface area contributed by atoms with Crippen LogP contribution in [-0.4, -0.2) is 50.4 Å². The summed E-state index contributed by atoms with van der Waals surface area (Å²) < 4.78 is 62.2. The van der Waals surface area contributed by atoms with Gasteiger partial charge in [0.15, 0.2) is 0 Å². The highest BCUT2D eigenvalue weighted by molar-refractivity contribution is 7.89. The number of carbonyl (C=O) groups is 1. The predicted molar refractivity (Wildman–Crippen MR) is 130 cm³/mol. The summed E-state index contributed by atoms with van der Waals surface area (Å²) in [7, 11) is -3.89. The number of piperazine rings is 1. The SMILES string of the molecule is Cc1ccc(S(N)(=O)=O)c(-c2ccc(CC(=O)N3CCN(c4ccc(C(F)(F)F)cn4)CC3)cc2)c1. The van der Waals surface area contributed by atoms with E-state index in [4.69, 9.17) is 5.14 Å². The summed E-state index contributed by atoms with van der Waals surface area (Å²) in [5.41, 5.74) is 2.05. The molecule has 0 atom stereocenters. The Morgan fingerprint density at radius 1 is 1.00 bits per heavy atom. The van der Waals surface area contributed by atoms with Crippen LogP contribution in [-0.2, 0) is 27.4 Å². The summed E-state index contributed by atoms with van der Waals surface area (Å²) in [5, 5.41) is 5.36. The van der Waals surface area contributed by atoms with Crippen molar-refractivity contribution in [2.24, 2.45) is 5.14 Å². The van der Waals surface area contributed by atoms with Crippen LogP contribution in [0.4, 0.5) is 19.0 Å². The highest BCUT2D eigenvalue weighted by Gasteiger charge is 2.31. The van der Waals surface area contributed by atoms with Crippen LogP contribution in [0.3, 0.4) is 0 Å². The lowest BCUT2D eigenvalue weighted by molar-refractivity contribution is -0.137. The van der Waals surface area contributed by atoms with E-state index >= 15 is 0 Å². The molecule has 2 aromatic carbocycles. The fourth-order valence-electron chi connectivity index (χ4n) is 4.13. The molecule has 1 saturated heterocycles. The van der Waals surface area contributed by atoms with E-state index in [0.29, 0.717) is 43.1 Å². The second kappa shape index (κ2) is 9.90. The Morgan fingerprint density at radius 3 is 2.22 bits per heavy atom. The molecule has 1 aromatic heterocycles. The number of rotatable bonds is 5. The summed E-state index contributed by atoms with van der Waals surface area (Å²) in [6.07, 6.45) is -3.44. The van der Waals surface area contributed by atoms with Crippen LogP contribution in [0.15, 0.2) is 65.7 Å². The zero-order valence-electron chi connectivity index (χ0n) is 19.5. The van der Waals surface area contributed by atoms with Crippen molar-refractivity contribution in [3.05, 3.63) is 77.5 Å². The molecular formula is C25H25F3N4O3S. The van der Waals surface area contributed by atoms with Crippen molar-refractivity contribution >= 4 is 21.7 Å². The molecule has 1 aliphatic rings. The highest BCUT2D eigenvalue weighted by Crippen LogP contribution is 2.30. The number of hydrogen-bond donors (Lipinski definition) is 1. The first kappa shape index (κ1) is 25.6. The van der Waals surface area contributed by atoms with Crippen molar-refractivity contribution in [3.8, 4) is 11.1 Å². The molecule has 1 fully saturated rings. The van der Waals surface area contributed by atoms with Crippen molar-refractivity contribution in [3.63, 3.8) is 0 Å². The lowest BCUT2D eigenvalue weighted by Crippen LogP contribution is -2.49. The van der Waals surface area contributed by atoms with Gasteiger partial charge >= 0.3 is 6.18 Å². The van der Waals surface area contributed by atoms with Gasteiger partial charge in [-0.1, -0.05) is 42.0 Å². The summed E-state index contributed by atoms with van der Waals surface area (Å²) in [4.78, 5) is 20.4. The van der Waals surface area contributed by atoms with E-state index in [9.17, 15) is 26.4 Å². The first-order valence-corrected chi connectivity index (χ1v) is 12.8. The molecule has 36 heavy (non-hydrogen) atoms. The molecule has 0 unspecified atom stereocenters. The van der Waals surface area contributed by atoms with Crippen LogP contribution in [0, 0.1) is 6.92 Å². The third-order valence-corrected chi connectivity index (χ3v) is 7.06. The summed E-state index contributed by atoms with van der Waals surface area (Å²) >= 11 is 0. The molecule has 190 valence electrons. The number of pyridine rings is 1. The molecule has 7 nitrogen and oxygen atoms in total. The number of aromatic nitrogens is 1. The maximum absolute atomic E-state index is 12.8. The zero-order chi connectivity index (χ0) is 26.1. The third-order valence-electron chi connectivity index (χ3n) is 6.09. The maximum Gasteiger partial charge on any atom is 0.417 e. The van der Waals surface area contributed by atoms with Gasteiger partial charge in [0.1, 0.15) is 5.82 Å². The standard InChI is InChI=1S/C25H25F3N4O3S/c1-17-2-8-22(36(29,34)35)21(14-17)19-5-3-18(4-6-19)15-24(33)32-12-10-31(11-13-32)23-9-7-20(16-30-23)25(26,27)28/h2-9,14,16H,10-13,15H2,1H3,(H2,29,34,35). The number of halogens is 3. The number of aryl methyl sites for hydroxylation is 1. The Balaban J connectivity index is 1.38. The van der Waals surface area contributed by atoms with Crippen LogP contribution >= 0.6 is 0 Å². The van der Waals surface area contributed by atoms with Crippen molar-refractivity contribution < 1.29 is 26.4 Å². The van der Waals surface area contributed by atoms with Gasteiger partial charge in [-0.25, -0.2) is 18.5 Å². The number of primary sulfonamides is 1. The highest BCUT2D eigenvalue weighted by atomic mass is 32.2. The number of carbonyl (C=O) groups excluding carboxylic acids is 1. The second-order valence-corrected chi connectivity index (χ2v) is 10.2. The van der Waals surface area contributed by atoms with Crippen LogP contribution in [0.1, 0.15) is 16.7 Å². The van der Waals surface area contributed by atoms with E-state index in [2.05, 4.69) is 4.98 Å². The average Bonchev–Trinajstić information content (AvgIpc) is 2.83. The summed E-state index contributed by atoms with van der Waals surface area (Å²) in [6.45, 7) is 3.65. The van der Waals surface area contributed by atoms with E-state index in [0.717, 1.165) is 23.4 Å². The largest absolute Gasteiger partial charge is 0.417 e. The van der Waals surface area contributed by atoms with Gasteiger partial charge < -0.3 is 9.80 Å². The Labute approximate surface area is 207 Å². The van der Waals surface area contributed by atoms with E-state index in [-0.39, 0.29) is 17.2 Å². The fourth-order valence-corrected chi connectivity index (χ4v) is 4.87. The maximum atomic E-state index is 12.8. The van der Waals surface area contributed by atoms with Crippen LogP contribution in [0.5, 0.6) is 0 Å². The minimum absolute atomic E-state index is 0.0392. The van der Waals surface area contributed by atoms with E-state index in [1.165, 1.54) is 12.1 Å². The van der Waals surface area contributed by atoms with Gasteiger partial charge in [0.2, 0.25) is 15.9 Å². The smallest absolute Gasteiger partial charge is 0.353 e. The molecule has 3 aromatic rings. The van der Waals surface area contributed by atoms with Crippen molar-refractivity contribution in [1.29, 1.82) is 0 Å². The number of sulfonamides is 1. The zero-order valence-corrected chi connectivity index (χ0v) is 20.3. The number of benzene rings is 2. The molecular weight excluding hydrogens is 493 g/mol. The summed E-state index contributed by atoms with van der Waals surface area (Å²) in [6, 6.07) is 14.4. The topological polar surface area (TPSA) is 96.6 Å². The second-order valence-electron chi connectivity index (χ2n) is 8.69. The molecule has 1 amide bonds. The number of alkyl halides is 3. The number of nitrogens with zero attached hydrogens (tertiary/aromatic N) is 3. The van der Waals surface area contributed by atoms with Gasteiger partial charge in [0.25, 0.3) is 0 Å². The van der Waals surface area contributed by atoms with Crippen molar-refractivity contribution in [2.75, 3.05) is 31.1 Å². The number of nitrogens with two attached hydrogens (primary N) is 1. The Hall–Kier alpha value is -3.44. The molecule has 0 radical (unpaired) electrons. The van der Waals surface area contributed by atoms with Gasteiger partial charge in [0.05, 0.1) is 16.9 Å². The van der Waals surface area contributed by atoms with Crippen LogP contribution in [0.25, 0.3) is 11.1 Å². The average molecular weight is 519 g/mol. The van der Waals surface area contributed by atoms with Gasteiger partial charge in [-0.3, -0.25) is 4.79 Å². The van der Waals surface area contributed by atoms with Gasteiger partial charge in [0, 0.05) is 37.9 Å². The molecule has 4 rings (SSSR count). The molecule has 2 N–H and O–H groups in total. The normalized spacial score (nSPS) is 14.7. The minimum Gasteiger partial charge on any atom is -0.353 e. The number of hydrogen-bond acceptors (Lipinski definition) is 5. The molecule has 11 heteroatoms. The third kappa shape index (κ3) is 5.85. The van der Waals surface area contributed by atoms with E-state index in [1.54, 1.807) is 41.3 Å². The van der Waals surface area contributed by atoms with Gasteiger partial charge in [-0.2, -0.15) is 13.2 Å². The molecule has 1 aliphatic heterocycles. The van der Waals surface area contributed by atoms with Crippen LogP contribution in [0.2, 0.25) is 0 Å². The first-order chi connectivity index (χ1) is 16.9. The van der Waals surface area contributed by atoms with Crippen molar-refractivity contribution in [2.45, 2.75) is 24.4 Å². The van der Waals surface area contributed by atoms with E-state index in [1.807, 2.05) is 11.8 Å². The Morgan fingerprint density at radius 2 is 1.67 bits per heavy atom. The Bertz CT molecular complexity index is 1350. The lowest BCUT2D eigenvalue weighted by atomic mass is 10.0. The number of amides is 1. The number of anilines is 1. The van der Waals surface area contributed by atoms with Gasteiger partial charge in [-0.15, -0.1) is 0 Å². The molecule has 0 bridgehead atoms. The molecule has 0 saturated carbocycles. The quantitative estimate of drug-likeness (QED) is 0.557. The monoisotopic (exact) mass is 518 g/mol. The fraction of sp³-hybridized carbons (Fsp3) is 0.280. The minimum atomic E-state index is -4.43. The molecule has 0 aliphatic carbocycles. The van der Waals surface area contributed by atoms with Gasteiger partial charge in [-0.05, 0) is 36.2 Å². The molecule has 2 heterocycles. The lowest BCUT2D eigenvalue weighted by Gasteiger charge is -2.35. The predicted octanol–water partition coefficient (Wildman–Crippen LogP) is 3.61. The first-order valence-electron chi connectivity index (χ1n) is 11.2. The van der Waals surface area contributed by atoms with E-state index < -0.39 is 21.8 Å².